The predicted molar refractivity (Wildman–Crippen MR) is 266 cm³/mol. The highest BCUT2D eigenvalue weighted by Crippen LogP contribution is 2.53. The lowest BCUT2D eigenvalue weighted by Gasteiger charge is -2.29. The number of aryl methyl sites for hydroxylation is 6. The van der Waals surface area contributed by atoms with E-state index < -0.39 is 10.8 Å². The van der Waals surface area contributed by atoms with Crippen molar-refractivity contribution in [2.75, 3.05) is 0 Å². The number of allylic oxidation sites excluding steroid dienone is 4. The lowest BCUT2D eigenvalue weighted by Crippen LogP contribution is -2.41. The van der Waals surface area contributed by atoms with Crippen LogP contribution in [-0.4, -0.2) is 33.0 Å². The summed E-state index contributed by atoms with van der Waals surface area (Å²) in [6.45, 7) is 12.8. The summed E-state index contributed by atoms with van der Waals surface area (Å²) in [5, 5.41) is 3.92. The predicted octanol–water partition coefficient (Wildman–Crippen LogP) is 12.7. The molecule has 2 aliphatic carbocycles. The second-order valence-electron chi connectivity index (χ2n) is 18.9. The van der Waals surface area contributed by atoms with E-state index in [1.54, 1.807) is 0 Å². The van der Waals surface area contributed by atoms with Gasteiger partial charge in [0, 0.05) is 45.0 Å². The standard InChI is InChI=1S/C60H44N4O2/c1-31-27-33(3)51(34(4)28-31)55-43-19-23-47(61-43)59(41-17-9-13-37-11-7-15-39(53(37)41)57(59)65)49-25-21-45(63-49)56(52-35(5)29-32(2)30-36(52)6)46-22-26-50(64-46)60(48-24-20-44(55)62-48)42-18-10-14-38-12-8-16-40(54(38)42)58(60)66/h7-30,61,64H,1-6H3/b55-44+,56-45+/t59-,60-. The van der Waals surface area contributed by atoms with E-state index in [9.17, 15) is 0 Å². The third kappa shape index (κ3) is 4.80. The van der Waals surface area contributed by atoms with E-state index in [2.05, 4.69) is 161 Å². The Morgan fingerprint density at radius 1 is 0.439 bits per heavy atom. The van der Waals surface area contributed by atoms with Crippen molar-refractivity contribution in [2.24, 2.45) is 9.98 Å². The number of nitrogens with one attached hydrogen (secondary N) is 2. The first kappa shape index (κ1) is 38.5. The number of ketones is 2. The van der Waals surface area contributed by atoms with Crippen LogP contribution in [0.3, 0.4) is 0 Å². The maximum absolute atomic E-state index is 15.7. The fraction of sp³-hybridized carbons (Fsp3) is 0.133. The van der Waals surface area contributed by atoms with Gasteiger partial charge in [0.2, 0.25) is 0 Å². The van der Waals surface area contributed by atoms with E-state index >= 15 is 9.59 Å². The van der Waals surface area contributed by atoms with Gasteiger partial charge in [-0.1, -0.05) is 108 Å². The maximum atomic E-state index is 15.7. The number of nitrogens with zero attached hydrogens (tertiary/aromatic N) is 2. The van der Waals surface area contributed by atoms with Crippen molar-refractivity contribution in [3.05, 3.63) is 247 Å². The van der Waals surface area contributed by atoms with Crippen LogP contribution in [0.1, 0.15) is 99.1 Å². The molecule has 2 spiro atoms. The van der Waals surface area contributed by atoms with Crippen LogP contribution < -0.4 is 0 Å². The first-order valence-corrected chi connectivity index (χ1v) is 22.7. The summed E-state index contributed by atoms with van der Waals surface area (Å²) in [4.78, 5) is 50.5. The van der Waals surface area contributed by atoms with Crippen LogP contribution in [0.15, 0.2) is 167 Å². The van der Waals surface area contributed by atoms with E-state index in [4.69, 9.17) is 9.98 Å². The van der Waals surface area contributed by atoms with Crippen LogP contribution >= 0.6 is 0 Å². The summed E-state index contributed by atoms with van der Waals surface area (Å²) >= 11 is 0. The number of aromatic amines is 2. The van der Waals surface area contributed by atoms with E-state index in [1.807, 2.05) is 36.4 Å². The Kier molecular flexibility index (Phi) is 7.76. The molecule has 6 nitrogen and oxygen atoms in total. The highest BCUT2D eigenvalue weighted by molar-refractivity contribution is 6.36. The van der Waals surface area contributed by atoms with Crippen LogP contribution in [0.25, 0.3) is 32.7 Å². The van der Waals surface area contributed by atoms with E-state index in [1.165, 1.54) is 11.1 Å². The minimum Gasteiger partial charge on any atom is -0.357 e. The summed E-state index contributed by atoms with van der Waals surface area (Å²) in [5.41, 5.74) is 17.0. The molecule has 5 heterocycles. The number of hydrogen-bond donors (Lipinski definition) is 2. The van der Waals surface area contributed by atoms with Crippen molar-refractivity contribution in [3.63, 3.8) is 0 Å². The molecule has 2 N–H and O–H groups in total. The SMILES string of the molecule is Cc1cc(C)c(/C2=C3\C=CC(=N3)[C@]3(C(=O)c4cccc5cccc3c45)c3ccc([nH]3)/C(c3c(C)cc(C)cc3C)=C3/C=CC(=N3)[C@@]3(C(=O)c4cccc5cccc3c45)c3ccc2[nH]3)c(C)c1. The Hall–Kier alpha value is -7.96. The third-order valence-corrected chi connectivity index (χ3v) is 14.9. The molecular weight excluding hydrogens is 809 g/mol. The normalized spacial score (nSPS) is 22.3. The molecule has 5 aliphatic rings. The molecule has 0 saturated carbocycles. The molecule has 316 valence electrons. The Morgan fingerprint density at radius 2 is 0.818 bits per heavy atom. The van der Waals surface area contributed by atoms with Crippen molar-refractivity contribution in [2.45, 2.75) is 52.4 Å². The number of fused-ring (bicyclic) bond motifs is 12. The van der Waals surface area contributed by atoms with E-state index in [0.717, 1.165) is 111 Å². The lowest BCUT2D eigenvalue weighted by atomic mass is 9.73. The van der Waals surface area contributed by atoms with Gasteiger partial charge in [-0.25, -0.2) is 0 Å². The molecule has 3 aliphatic heterocycles. The lowest BCUT2D eigenvalue weighted by molar-refractivity contribution is 0.0949. The number of Topliss-reactive ketones (excluding diaryl/α,β-unsaturated/α-hetero) is 2. The maximum Gasteiger partial charge on any atom is 0.186 e. The Bertz CT molecular complexity index is 3510. The van der Waals surface area contributed by atoms with Gasteiger partial charge in [0.15, 0.2) is 11.6 Å². The van der Waals surface area contributed by atoms with Crippen LogP contribution in [-0.2, 0) is 10.8 Å². The van der Waals surface area contributed by atoms with E-state index in [-0.39, 0.29) is 11.6 Å². The molecule has 66 heavy (non-hydrogen) atoms. The Balaban J connectivity index is 1.19. The van der Waals surface area contributed by atoms with Gasteiger partial charge in [-0.15, -0.1) is 0 Å². The molecule has 0 fully saturated rings. The summed E-state index contributed by atoms with van der Waals surface area (Å²) in [6.07, 6.45) is 8.22. The zero-order valence-corrected chi connectivity index (χ0v) is 37.6. The number of hydrogen-bond acceptors (Lipinski definition) is 4. The molecule has 0 unspecified atom stereocenters. The summed E-state index contributed by atoms with van der Waals surface area (Å²) in [6, 6.07) is 41.7. The summed E-state index contributed by atoms with van der Waals surface area (Å²) in [7, 11) is 0. The van der Waals surface area contributed by atoms with Crippen LogP contribution in [0.4, 0.5) is 0 Å². The molecule has 8 bridgehead atoms. The minimum absolute atomic E-state index is 0.0201. The average molecular weight is 853 g/mol. The van der Waals surface area contributed by atoms with E-state index in [0.29, 0.717) is 22.6 Å². The molecule has 8 aromatic rings. The molecular formula is C60H44N4O2. The number of benzene rings is 6. The minimum atomic E-state index is -1.29. The largest absolute Gasteiger partial charge is 0.357 e. The van der Waals surface area contributed by atoms with Crippen molar-refractivity contribution in [1.29, 1.82) is 0 Å². The van der Waals surface area contributed by atoms with Crippen molar-refractivity contribution in [3.8, 4) is 0 Å². The molecule has 2 atom stereocenters. The molecule has 0 radical (unpaired) electrons. The first-order valence-electron chi connectivity index (χ1n) is 22.7. The molecule has 2 aromatic heterocycles. The van der Waals surface area contributed by atoms with Gasteiger partial charge < -0.3 is 9.97 Å². The summed E-state index contributed by atoms with van der Waals surface area (Å²) < 4.78 is 0. The zero-order valence-electron chi connectivity index (χ0n) is 37.6. The topological polar surface area (TPSA) is 90.4 Å². The van der Waals surface area contributed by atoms with Crippen LogP contribution in [0.2, 0.25) is 0 Å². The molecule has 0 amide bonds. The van der Waals surface area contributed by atoms with Gasteiger partial charge >= 0.3 is 0 Å². The fourth-order valence-electron chi connectivity index (χ4n) is 12.5. The zero-order chi connectivity index (χ0) is 45.0. The van der Waals surface area contributed by atoms with Gasteiger partial charge in [0.25, 0.3) is 0 Å². The second kappa shape index (κ2) is 13.3. The average Bonchev–Trinajstić information content (AvgIpc) is 4.17. The highest BCUT2D eigenvalue weighted by Gasteiger charge is 2.55. The molecule has 13 rings (SSSR count). The highest BCUT2D eigenvalue weighted by atomic mass is 16.1. The number of aromatic nitrogens is 2. The quantitative estimate of drug-likeness (QED) is 0.181. The van der Waals surface area contributed by atoms with Gasteiger partial charge in [-0.2, -0.15) is 0 Å². The summed E-state index contributed by atoms with van der Waals surface area (Å²) in [5.74, 6) is -0.0402. The smallest absolute Gasteiger partial charge is 0.186 e. The Morgan fingerprint density at radius 3 is 1.21 bits per heavy atom. The molecule has 6 aromatic carbocycles. The Labute approximate surface area is 382 Å². The first-order chi connectivity index (χ1) is 32.0. The number of aliphatic imine (C=N–C) groups is 2. The third-order valence-electron chi connectivity index (χ3n) is 14.9. The van der Waals surface area contributed by atoms with Gasteiger partial charge in [0.05, 0.1) is 22.8 Å². The van der Waals surface area contributed by atoms with Crippen molar-refractivity contribution < 1.29 is 9.59 Å². The van der Waals surface area contributed by atoms with Gasteiger partial charge in [-0.05, 0) is 156 Å². The van der Waals surface area contributed by atoms with Crippen molar-refractivity contribution >= 4 is 55.7 Å². The van der Waals surface area contributed by atoms with Crippen LogP contribution in [0.5, 0.6) is 0 Å². The monoisotopic (exact) mass is 852 g/mol. The molecule has 0 saturated heterocycles. The number of carbonyl (C=O) groups excluding carboxylic acids is 2. The number of H-pyrrole nitrogens is 2. The van der Waals surface area contributed by atoms with Gasteiger partial charge in [0.1, 0.15) is 10.8 Å². The number of carbonyl (C=O) groups is 2. The molecule has 6 heteroatoms. The second-order valence-corrected chi connectivity index (χ2v) is 18.9. The fourth-order valence-corrected chi connectivity index (χ4v) is 12.5. The van der Waals surface area contributed by atoms with Crippen LogP contribution in [0, 0.1) is 41.5 Å². The van der Waals surface area contributed by atoms with Crippen molar-refractivity contribution in [1.82, 2.24) is 9.97 Å². The van der Waals surface area contributed by atoms with Gasteiger partial charge in [-0.3, -0.25) is 19.6 Å². The number of rotatable bonds is 2.